The number of thiocarbonyl (C=S) groups is 1. The van der Waals surface area contributed by atoms with E-state index in [4.69, 9.17) is 26.4 Å². The van der Waals surface area contributed by atoms with E-state index in [0.29, 0.717) is 5.75 Å². The molecule has 172 valence electrons. The van der Waals surface area contributed by atoms with E-state index < -0.39 is 40.8 Å². The highest BCUT2D eigenvalue weighted by molar-refractivity contribution is 7.80. The fourth-order valence-corrected chi connectivity index (χ4v) is 3.60. The lowest BCUT2D eigenvalue weighted by molar-refractivity contribution is -0.146. The topological polar surface area (TPSA) is 123 Å². The lowest BCUT2D eigenvalue weighted by Gasteiger charge is -2.19. The Labute approximate surface area is 191 Å². The molecule has 10 heteroatoms. The number of benzene rings is 1. The van der Waals surface area contributed by atoms with E-state index >= 15 is 0 Å². The largest absolute Gasteiger partial charge is 0.501 e. The standard InChI is InChI=1S/C22H26N2O7S/c1-4-8-30-20(26)13-6-7-17(29-3)15(10-13)24-19(25)16-11-14(12-23-16)18(22(28)32)21(27)31-9-5-2/h4-7,10,14,16,18,23H,1-2,8-9,11-12H2,3H3,(H,24,25)(H,28,32)/t14-,16?,18+/m1/s1. The zero-order valence-corrected chi connectivity index (χ0v) is 18.5. The molecule has 1 aliphatic rings. The van der Waals surface area contributed by atoms with Crippen molar-refractivity contribution < 1.29 is 33.7 Å². The Morgan fingerprint density at radius 2 is 1.97 bits per heavy atom. The van der Waals surface area contributed by atoms with Crippen LogP contribution in [0, 0.1) is 11.8 Å². The average Bonchev–Trinajstić information content (AvgIpc) is 3.25. The van der Waals surface area contributed by atoms with Gasteiger partial charge < -0.3 is 30.0 Å². The summed E-state index contributed by atoms with van der Waals surface area (Å²) in [5.74, 6) is -2.74. The molecular weight excluding hydrogens is 436 g/mol. The molecule has 0 saturated carbocycles. The third kappa shape index (κ3) is 6.38. The van der Waals surface area contributed by atoms with Crippen LogP contribution in [0.15, 0.2) is 43.5 Å². The molecule has 0 bridgehead atoms. The number of rotatable bonds is 11. The smallest absolute Gasteiger partial charge is 0.338 e. The molecule has 0 radical (unpaired) electrons. The molecule has 32 heavy (non-hydrogen) atoms. The number of esters is 2. The van der Waals surface area contributed by atoms with Crippen molar-refractivity contribution in [2.45, 2.75) is 12.5 Å². The van der Waals surface area contributed by atoms with E-state index in [9.17, 15) is 19.5 Å². The number of aliphatic hydroxyl groups is 1. The van der Waals surface area contributed by atoms with Gasteiger partial charge in [-0.1, -0.05) is 25.3 Å². The minimum absolute atomic E-state index is 0.00657. The van der Waals surface area contributed by atoms with E-state index in [-0.39, 0.29) is 37.4 Å². The molecule has 1 saturated heterocycles. The second-order valence-electron chi connectivity index (χ2n) is 6.98. The summed E-state index contributed by atoms with van der Waals surface area (Å²) in [6.07, 6.45) is 3.10. The van der Waals surface area contributed by atoms with Gasteiger partial charge in [0.1, 0.15) is 24.9 Å². The van der Waals surface area contributed by atoms with Crippen molar-refractivity contribution in [2.75, 3.05) is 32.2 Å². The Morgan fingerprint density at radius 1 is 1.28 bits per heavy atom. The van der Waals surface area contributed by atoms with Crippen molar-refractivity contribution in [2.24, 2.45) is 11.8 Å². The van der Waals surface area contributed by atoms with E-state index in [0.717, 1.165) is 0 Å². The Balaban J connectivity index is 2.10. The number of carbonyl (C=O) groups is 3. The Hall–Kier alpha value is -3.24. The Morgan fingerprint density at radius 3 is 2.59 bits per heavy atom. The molecule has 1 aromatic carbocycles. The van der Waals surface area contributed by atoms with Crippen LogP contribution < -0.4 is 15.4 Å². The number of methoxy groups -OCH3 is 1. The first-order valence-electron chi connectivity index (χ1n) is 9.83. The SMILES string of the molecule is C=CCOC(=O)c1ccc(OC)c(NC(=O)C2C[C@@H]([C@@H](C(=O)OCC=C)C(O)=S)CN2)c1. The maximum Gasteiger partial charge on any atom is 0.338 e. The van der Waals surface area contributed by atoms with Gasteiger partial charge in [-0.2, -0.15) is 0 Å². The molecule has 0 aliphatic carbocycles. The van der Waals surface area contributed by atoms with Crippen LogP contribution in [0.5, 0.6) is 5.75 Å². The van der Waals surface area contributed by atoms with Crippen molar-refractivity contribution in [1.82, 2.24) is 5.32 Å². The van der Waals surface area contributed by atoms with Gasteiger partial charge in [-0.15, -0.1) is 0 Å². The first-order chi connectivity index (χ1) is 15.3. The van der Waals surface area contributed by atoms with E-state index in [1.807, 2.05) is 0 Å². The van der Waals surface area contributed by atoms with Gasteiger partial charge in [-0.25, -0.2) is 4.79 Å². The van der Waals surface area contributed by atoms with Gasteiger partial charge in [0.05, 0.1) is 24.4 Å². The molecule has 3 N–H and O–H groups in total. The molecule has 9 nitrogen and oxygen atoms in total. The molecule has 1 aromatic rings. The van der Waals surface area contributed by atoms with Crippen molar-refractivity contribution in [3.63, 3.8) is 0 Å². The first kappa shape index (κ1) is 25.0. The predicted molar refractivity (Wildman–Crippen MR) is 122 cm³/mol. The predicted octanol–water partition coefficient (Wildman–Crippen LogP) is 2.19. The molecule has 1 heterocycles. The molecule has 3 atom stereocenters. The lowest BCUT2D eigenvalue weighted by atomic mass is 9.90. The van der Waals surface area contributed by atoms with Crippen LogP contribution >= 0.6 is 12.2 Å². The number of nitrogens with one attached hydrogen (secondary N) is 2. The monoisotopic (exact) mass is 462 g/mol. The minimum Gasteiger partial charge on any atom is -0.501 e. The summed E-state index contributed by atoms with van der Waals surface area (Å²) in [5.41, 5.74) is 0.520. The summed E-state index contributed by atoms with van der Waals surface area (Å²) >= 11 is 4.83. The first-order valence-corrected chi connectivity index (χ1v) is 10.2. The van der Waals surface area contributed by atoms with Crippen LogP contribution in [-0.4, -0.2) is 60.9 Å². The van der Waals surface area contributed by atoms with Gasteiger partial charge in [0, 0.05) is 6.54 Å². The number of hydrogen-bond acceptors (Lipinski definition) is 8. The van der Waals surface area contributed by atoms with Gasteiger partial charge in [0.2, 0.25) is 5.91 Å². The van der Waals surface area contributed by atoms with Gasteiger partial charge >= 0.3 is 11.9 Å². The van der Waals surface area contributed by atoms with Gasteiger partial charge in [-0.05, 0) is 42.8 Å². The van der Waals surface area contributed by atoms with E-state index in [2.05, 4.69) is 23.8 Å². The van der Waals surface area contributed by atoms with E-state index in [1.54, 1.807) is 6.07 Å². The zero-order chi connectivity index (χ0) is 23.7. The number of amides is 1. The third-order valence-electron chi connectivity index (χ3n) is 4.84. The summed E-state index contributed by atoms with van der Waals surface area (Å²) in [7, 11) is 1.44. The molecule has 0 aromatic heterocycles. The van der Waals surface area contributed by atoms with Crippen LogP contribution in [0.3, 0.4) is 0 Å². The Bertz CT molecular complexity index is 902. The van der Waals surface area contributed by atoms with Crippen LogP contribution in [0.1, 0.15) is 16.8 Å². The fraction of sp³-hybridized carbons (Fsp3) is 0.364. The number of hydrogen-bond donors (Lipinski definition) is 3. The van der Waals surface area contributed by atoms with Gasteiger partial charge in [-0.3, -0.25) is 9.59 Å². The summed E-state index contributed by atoms with van der Waals surface area (Å²) < 4.78 is 15.3. The number of anilines is 1. The third-order valence-corrected chi connectivity index (χ3v) is 5.10. The van der Waals surface area contributed by atoms with Crippen LogP contribution in [0.4, 0.5) is 5.69 Å². The number of ether oxygens (including phenoxy) is 3. The summed E-state index contributed by atoms with van der Waals surface area (Å²) in [6, 6.07) is 3.85. The van der Waals surface area contributed by atoms with Crippen LogP contribution in [-0.2, 0) is 19.1 Å². The van der Waals surface area contributed by atoms with Crippen molar-refractivity contribution >= 4 is 40.8 Å². The van der Waals surface area contributed by atoms with Crippen LogP contribution in [0.25, 0.3) is 0 Å². The Kier molecular flexibility index (Phi) is 9.36. The second kappa shape index (κ2) is 12.0. The molecule has 1 amide bonds. The quantitative estimate of drug-likeness (QED) is 0.258. The summed E-state index contributed by atoms with van der Waals surface area (Å²) in [5, 5.41) is 15.1. The maximum absolute atomic E-state index is 12.8. The minimum atomic E-state index is -1.03. The molecular formula is C22H26N2O7S. The number of carbonyl (C=O) groups excluding carboxylic acids is 3. The second-order valence-corrected chi connectivity index (χ2v) is 7.40. The molecule has 2 rings (SSSR count). The van der Waals surface area contributed by atoms with Crippen molar-refractivity contribution in [3.05, 3.63) is 49.1 Å². The van der Waals surface area contributed by atoms with Crippen LogP contribution in [0.2, 0.25) is 0 Å². The molecule has 1 unspecified atom stereocenters. The highest BCUT2D eigenvalue weighted by atomic mass is 32.1. The molecule has 0 spiro atoms. The van der Waals surface area contributed by atoms with Crippen molar-refractivity contribution in [3.8, 4) is 5.75 Å². The summed E-state index contributed by atoms with van der Waals surface area (Å²) in [4.78, 5) is 37.2. The fourth-order valence-electron chi connectivity index (χ4n) is 3.31. The highest BCUT2D eigenvalue weighted by Gasteiger charge is 2.40. The molecule has 1 fully saturated rings. The molecule has 1 aliphatic heterocycles. The normalized spacial score (nSPS) is 18.2. The number of aliphatic hydroxyl groups excluding tert-OH is 1. The maximum atomic E-state index is 12.8. The zero-order valence-electron chi connectivity index (χ0n) is 17.7. The van der Waals surface area contributed by atoms with E-state index in [1.165, 1.54) is 31.4 Å². The summed E-state index contributed by atoms with van der Waals surface area (Å²) in [6.45, 7) is 7.29. The lowest BCUT2D eigenvalue weighted by Crippen LogP contribution is -2.35. The van der Waals surface area contributed by atoms with Gasteiger partial charge in [0.15, 0.2) is 5.05 Å². The average molecular weight is 463 g/mol. The van der Waals surface area contributed by atoms with Crippen molar-refractivity contribution in [1.29, 1.82) is 0 Å². The highest BCUT2D eigenvalue weighted by Crippen LogP contribution is 2.29. The van der Waals surface area contributed by atoms with Gasteiger partial charge in [0.25, 0.3) is 0 Å².